The van der Waals surface area contributed by atoms with Crippen LogP contribution in [0.5, 0.6) is 0 Å². The van der Waals surface area contributed by atoms with Crippen LogP contribution < -0.4 is 5.32 Å². The molecule has 0 aromatic carbocycles. The average molecular weight is 239 g/mol. The first-order valence-electron chi connectivity index (χ1n) is 6.58. The van der Waals surface area contributed by atoms with Crippen molar-refractivity contribution in [2.75, 3.05) is 19.8 Å². The lowest BCUT2D eigenvalue weighted by atomic mass is 10.1. The molecule has 0 saturated heterocycles. The Balaban J connectivity index is 2.08. The highest BCUT2D eigenvalue weighted by Crippen LogP contribution is 2.16. The minimum absolute atomic E-state index is 0.304. The van der Waals surface area contributed by atoms with Crippen molar-refractivity contribution >= 4 is 0 Å². The molecular formula is C14H25NO2. The summed E-state index contributed by atoms with van der Waals surface area (Å²) in [6.07, 6.45) is 3.88. The zero-order valence-electron chi connectivity index (χ0n) is 11.2. The van der Waals surface area contributed by atoms with Crippen LogP contribution in [-0.2, 0) is 4.74 Å². The summed E-state index contributed by atoms with van der Waals surface area (Å²) in [6.45, 7) is 9.08. The van der Waals surface area contributed by atoms with E-state index in [0.717, 1.165) is 44.3 Å². The number of hydrogen-bond acceptors (Lipinski definition) is 3. The van der Waals surface area contributed by atoms with Crippen LogP contribution >= 0.6 is 0 Å². The number of rotatable bonds is 9. The van der Waals surface area contributed by atoms with Gasteiger partial charge in [-0.25, -0.2) is 0 Å². The third kappa shape index (κ3) is 5.89. The molecule has 17 heavy (non-hydrogen) atoms. The van der Waals surface area contributed by atoms with E-state index in [1.807, 2.05) is 12.1 Å². The van der Waals surface area contributed by atoms with E-state index < -0.39 is 0 Å². The number of ether oxygens (including phenoxy) is 1. The van der Waals surface area contributed by atoms with Gasteiger partial charge in [-0.2, -0.15) is 0 Å². The fraction of sp³-hybridized carbons (Fsp3) is 0.714. The Bertz CT molecular complexity index is 270. The second kappa shape index (κ2) is 8.31. The Morgan fingerprint density at radius 1 is 1.35 bits per heavy atom. The summed E-state index contributed by atoms with van der Waals surface area (Å²) in [5.41, 5.74) is 0. The largest absolute Gasteiger partial charge is 0.468 e. The molecule has 0 radical (unpaired) electrons. The van der Waals surface area contributed by atoms with E-state index in [-0.39, 0.29) is 0 Å². The molecule has 0 aliphatic carbocycles. The van der Waals surface area contributed by atoms with Gasteiger partial charge in [-0.05, 0) is 30.9 Å². The van der Waals surface area contributed by atoms with Crippen molar-refractivity contribution in [2.24, 2.45) is 5.92 Å². The molecule has 98 valence electrons. The maximum Gasteiger partial charge on any atom is 0.120 e. The van der Waals surface area contributed by atoms with Crippen molar-refractivity contribution in [3.05, 3.63) is 24.2 Å². The molecule has 0 fully saturated rings. The number of furan rings is 1. The van der Waals surface area contributed by atoms with Gasteiger partial charge in [0.25, 0.3) is 0 Å². The Labute approximate surface area is 105 Å². The van der Waals surface area contributed by atoms with Crippen molar-refractivity contribution in [1.82, 2.24) is 5.32 Å². The average Bonchev–Trinajstić information content (AvgIpc) is 2.81. The molecule has 3 heteroatoms. The summed E-state index contributed by atoms with van der Waals surface area (Å²) in [7, 11) is 0. The van der Waals surface area contributed by atoms with Crippen LogP contribution in [0.15, 0.2) is 22.8 Å². The first-order chi connectivity index (χ1) is 8.24. The van der Waals surface area contributed by atoms with Gasteiger partial charge in [0.05, 0.1) is 18.9 Å². The number of hydrogen-bond donors (Lipinski definition) is 1. The van der Waals surface area contributed by atoms with E-state index in [1.165, 1.54) is 0 Å². The van der Waals surface area contributed by atoms with E-state index in [4.69, 9.17) is 9.15 Å². The van der Waals surface area contributed by atoms with Gasteiger partial charge in [-0.15, -0.1) is 0 Å². The van der Waals surface area contributed by atoms with Gasteiger partial charge >= 0.3 is 0 Å². The lowest BCUT2D eigenvalue weighted by Gasteiger charge is -2.14. The highest BCUT2D eigenvalue weighted by Gasteiger charge is 2.10. The summed E-state index contributed by atoms with van der Waals surface area (Å²) < 4.78 is 11.0. The molecule has 1 N–H and O–H groups in total. The maximum absolute atomic E-state index is 5.56. The third-order valence-corrected chi connectivity index (χ3v) is 2.77. The quantitative estimate of drug-likeness (QED) is 0.671. The molecule has 1 unspecified atom stereocenters. The van der Waals surface area contributed by atoms with E-state index >= 15 is 0 Å². The molecule has 1 aromatic rings. The Hall–Kier alpha value is -0.800. The lowest BCUT2D eigenvalue weighted by molar-refractivity contribution is 0.122. The monoisotopic (exact) mass is 239 g/mol. The zero-order chi connectivity index (χ0) is 12.5. The van der Waals surface area contributed by atoms with Gasteiger partial charge < -0.3 is 14.5 Å². The van der Waals surface area contributed by atoms with Gasteiger partial charge in [-0.1, -0.05) is 20.8 Å². The molecule has 1 atom stereocenters. The van der Waals surface area contributed by atoms with Crippen LogP contribution in [0, 0.1) is 5.92 Å². The first-order valence-corrected chi connectivity index (χ1v) is 6.58. The van der Waals surface area contributed by atoms with Gasteiger partial charge in [0, 0.05) is 13.2 Å². The molecule has 0 amide bonds. The van der Waals surface area contributed by atoms with Crippen molar-refractivity contribution in [3.63, 3.8) is 0 Å². The van der Waals surface area contributed by atoms with E-state index in [1.54, 1.807) is 6.26 Å². The van der Waals surface area contributed by atoms with Crippen LogP contribution in [0.4, 0.5) is 0 Å². The standard InChI is InChI=1S/C14H25NO2/c1-4-13(14-6-5-9-17-14)15-8-11-16-10-7-12(2)3/h5-6,9,12-13,15H,4,7-8,10-11H2,1-3H3. The Kier molecular flexibility index (Phi) is 6.97. The van der Waals surface area contributed by atoms with Gasteiger partial charge in [-0.3, -0.25) is 0 Å². The summed E-state index contributed by atoms with van der Waals surface area (Å²) in [6, 6.07) is 4.25. The second-order valence-corrected chi connectivity index (χ2v) is 4.73. The van der Waals surface area contributed by atoms with Crippen molar-refractivity contribution < 1.29 is 9.15 Å². The minimum atomic E-state index is 0.304. The lowest BCUT2D eigenvalue weighted by Crippen LogP contribution is -2.24. The SMILES string of the molecule is CCC(NCCOCCC(C)C)c1ccco1. The topological polar surface area (TPSA) is 34.4 Å². The molecule has 0 aliphatic rings. The molecule has 1 heterocycles. The Morgan fingerprint density at radius 2 is 2.18 bits per heavy atom. The molecule has 1 rings (SSSR count). The van der Waals surface area contributed by atoms with Crippen LogP contribution in [0.1, 0.15) is 45.4 Å². The second-order valence-electron chi connectivity index (χ2n) is 4.73. The fourth-order valence-corrected chi connectivity index (χ4v) is 1.66. The third-order valence-electron chi connectivity index (χ3n) is 2.77. The molecule has 3 nitrogen and oxygen atoms in total. The molecule has 0 bridgehead atoms. The van der Waals surface area contributed by atoms with Crippen LogP contribution in [0.3, 0.4) is 0 Å². The molecule has 1 aromatic heterocycles. The molecule has 0 saturated carbocycles. The normalized spacial score (nSPS) is 13.2. The van der Waals surface area contributed by atoms with Crippen molar-refractivity contribution in [2.45, 2.75) is 39.7 Å². The maximum atomic E-state index is 5.56. The predicted molar refractivity (Wildman–Crippen MR) is 70.0 cm³/mol. The van der Waals surface area contributed by atoms with Crippen LogP contribution in [0.2, 0.25) is 0 Å². The highest BCUT2D eigenvalue weighted by atomic mass is 16.5. The predicted octanol–water partition coefficient (Wildman–Crippen LogP) is 3.38. The first kappa shape index (κ1) is 14.3. The molecular weight excluding hydrogens is 214 g/mol. The fourth-order valence-electron chi connectivity index (χ4n) is 1.66. The van der Waals surface area contributed by atoms with Gasteiger partial charge in [0.2, 0.25) is 0 Å². The highest BCUT2D eigenvalue weighted by molar-refractivity contribution is 5.03. The summed E-state index contributed by atoms with van der Waals surface area (Å²) in [4.78, 5) is 0. The minimum Gasteiger partial charge on any atom is -0.468 e. The van der Waals surface area contributed by atoms with Crippen LogP contribution in [0.25, 0.3) is 0 Å². The molecule has 0 spiro atoms. The van der Waals surface area contributed by atoms with E-state index in [0.29, 0.717) is 6.04 Å². The van der Waals surface area contributed by atoms with E-state index in [2.05, 4.69) is 26.1 Å². The van der Waals surface area contributed by atoms with E-state index in [9.17, 15) is 0 Å². The molecule has 0 aliphatic heterocycles. The van der Waals surface area contributed by atoms with Crippen LogP contribution in [-0.4, -0.2) is 19.8 Å². The van der Waals surface area contributed by atoms with Gasteiger partial charge in [0.1, 0.15) is 5.76 Å². The number of nitrogens with one attached hydrogen (secondary N) is 1. The Morgan fingerprint density at radius 3 is 2.76 bits per heavy atom. The van der Waals surface area contributed by atoms with Crippen molar-refractivity contribution in [1.29, 1.82) is 0 Å². The summed E-state index contributed by atoms with van der Waals surface area (Å²) in [5.74, 6) is 1.73. The summed E-state index contributed by atoms with van der Waals surface area (Å²) in [5, 5.41) is 3.44. The smallest absolute Gasteiger partial charge is 0.120 e. The zero-order valence-corrected chi connectivity index (χ0v) is 11.2. The van der Waals surface area contributed by atoms with Gasteiger partial charge in [0.15, 0.2) is 0 Å². The summed E-state index contributed by atoms with van der Waals surface area (Å²) >= 11 is 0. The van der Waals surface area contributed by atoms with Crippen molar-refractivity contribution in [3.8, 4) is 0 Å².